The molecule has 0 amide bonds. The first-order valence-corrected chi connectivity index (χ1v) is 15.1. The molecular weight excluding hydrogens is 444 g/mol. The number of rotatable bonds is 26. The van der Waals surface area contributed by atoms with E-state index in [0.29, 0.717) is 11.4 Å². The van der Waals surface area contributed by atoms with E-state index >= 15 is 0 Å². The van der Waals surface area contributed by atoms with Crippen molar-refractivity contribution in [1.29, 1.82) is 0 Å². The van der Waals surface area contributed by atoms with Crippen LogP contribution in [0.2, 0.25) is 0 Å². The Bertz CT molecular complexity index is 558. The molecule has 0 aromatic rings. The van der Waals surface area contributed by atoms with Gasteiger partial charge >= 0.3 is 0 Å². The molecule has 0 saturated carbocycles. The highest BCUT2D eigenvalue weighted by molar-refractivity contribution is 5.78. The summed E-state index contributed by atoms with van der Waals surface area (Å²) >= 11 is 0. The van der Waals surface area contributed by atoms with Crippen LogP contribution in [0.15, 0.2) is 28.5 Å². The predicted molar refractivity (Wildman–Crippen MR) is 162 cm³/mol. The third-order valence-electron chi connectivity index (χ3n) is 6.73. The van der Waals surface area contributed by atoms with Crippen molar-refractivity contribution in [3.05, 3.63) is 23.5 Å². The second-order valence-corrected chi connectivity index (χ2v) is 10.0. The summed E-state index contributed by atoms with van der Waals surface area (Å²) in [6, 6.07) is 0.729. The number of nitrogens with one attached hydrogen (secondary N) is 2. The van der Waals surface area contributed by atoms with Gasteiger partial charge in [0.25, 0.3) is 0 Å². The van der Waals surface area contributed by atoms with Crippen LogP contribution < -0.4 is 22.1 Å². The molecule has 0 spiro atoms. The Hall–Kier alpha value is -1.37. The molecule has 0 fully saturated rings. The van der Waals surface area contributed by atoms with Gasteiger partial charge in [0.2, 0.25) is 0 Å². The Morgan fingerprint density at radius 3 is 2.14 bits per heavy atom. The molecule has 0 heterocycles. The minimum Gasteiger partial charge on any atom is -0.397 e. The summed E-state index contributed by atoms with van der Waals surface area (Å²) in [5, 5.41) is 7.22. The highest BCUT2D eigenvalue weighted by atomic mass is 15.1. The second kappa shape index (κ2) is 26.7. The van der Waals surface area contributed by atoms with Gasteiger partial charge in [0, 0.05) is 18.8 Å². The first-order valence-electron chi connectivity index (χ1n) is 15.1. The fourth-order valence-corrected chi connectivity index (χ4v) is 4.37. The fourth-order valence-electron chi connectivity index (χ4n) is 4.37. The van der Waals surface area contributed by atoms with E-state index in [1.807, 2.05) is 13.0 Å². The van der Waals surface area contributed by atoms with Crippen molar-refractivity contribution in [1.82, 2.24) is 15.5 Å². The van der Waals surface area contributed by atoms with Crippen LogP contribution in [-0.2, 0) is 0 Å². The number of nitrogens with two attached hydrogens (primary N) is 2. The largest absolute Gasteiger partial charge is 0.397 e. The van der Waals surface area contributed by atoms with Gasteiger partial charge < -0.3 is 27.0 Å². The Labute approximate surface area is 224 Å². The van der Waals surface area contributed by atoms with Gasteiger partial charge in [-0.2, -0.15) is 0 Å². The van der Waals surface area contributed by atoms with Crippen molar-refractivity contribution in [2.24, 2.45) is 16.5 Å². The van der Waals surface area contributed by atoms with E-state index in [1.165, 1.54) is 96.7 Å². The molecule has 1 atom stereocenters. The minimum absolute atomic E-state index is 0.548. The van der Waals surface area contributed by atoms with Crippen LogP contribution >= 0.6 is 0 Å². The van der Waals surface area contributed by atoms with E-state index in [2.05, 4.69) is 41.3 Å². The minimum atomic E-state index is 0.548. The molecular formula is C30H62N6. The Morgan fingerprint density at radius 2 is 1.47 bits per heavy atom. The number of hydrogen-bond acceptors (Lipinski definition) is 6. The lowest BCUT2D eigenvalue weighted by atomic mass is 10.1. The SMILES string of the molecule is C/C=C\C(N)=C(/N)C=NCCCCN(CCCCCCCCNC(CC)CCCC)CCCNCC. The highest BCUT2D eigenvalue weighted by Gasteiger charge is 2.06. The first kappa shape index (κ1) is 34.6. The molecule has 6 N–H and O–H groups in total. The van der Waals surface area contributed by atoms with Crippen LogP contribution in [0.5, 0.6) is 0 Å². The van der Waals surface area contributed by atoms with E-state index in [4.69, 9.17) is 11.5 Å². The van der Waals surface area contributed by atoms with Crippen molar-refractivity contribution in [3.8, 4) is 0 Å². The van der Waals surface area contributed by atoms with Crippen molar-refractivity contribution < 1.29 is 0 Å². The number of unbranched alkanes of at least 4 members (excludes halogenated alkanes) is 7. The molecule has 212 valence electrons. The summed E-state index contributed by atoms with van der Waals surface area (Å²) in [6.45, 7) is 16.4. The summed E-state index contributed by atoms with van der Waals surface area (Å²) in [5.41, 5.74) is 12.9. The predicted octanol–water partition coefficient (Wildman–Crippen LogP) is 5.74. The van der Waals surface area contributed by atoms with Gasteiger partial charge in [0.05, 0.1) is 11.4 Å². The van der Waals surface area contributed by atoms with Crippen LogP contribution in [0, 0.1) is 0 Å². The molecule has 6 heteroatoms. The lowest BCUT2D eigenvalue weighted by Gasteiger charge is -2.22. The first-order chi connectivity index (χ1) is 17.6. The molecule has 0 rings (SSSR count). The smallest absolute Gasteiger partial charge is 0.0728 e. The van der Waals surface area contributed by atoms with E-state index in [1.54, 1.807) is 12.3 Å². The zero-order valence-electron chi connectivity index (χ0n) is 24.5. The van der Waals surface area contributed by atoms with Crippen LogP contribution in [0.1, 0.15) is 111 Å². The molecule has 0 radical (unpaired) electrons. The van der Waals surface area contributed by atoms with Gasteiger partial charge in [-0.05, 0) is 97.2 Å². The van der Waals surface area contributed by atoms with E-state index in [0.717, 1.165) is 38.6 Å². The van der Waals surface area contributed by atoms with Crippen LogP contribution in [0.4, 0.5) is 0 Å². The molecule has 0 aromatic heterocycles. The highest BCUT2D eigenvalue weighted by Crippen LogP contribution is 2.09. The normalized spacial score (nSPS) is 13.8. The van der Waals surface area contributed by atoms with Gasteiger partial charge in [-0.1, -0.05) is 65.4 Å². The van der Waals surface area contributed by atoms with Crippen LogP contribution in [0.25, 0.3) is 0 Å². The van der Waals surface area contributed by atoms with Gasteiger partial charge in [-0.15, -0.1) is 0 Å². The zero-order valence-corrected chi connectivity index (χ0v) is 24.5. The molecule has 6 nitrogen and oxygen atoms in total. The van der Waals surface area contributed by atoms with Crippen LogP contribution in [0.3, 0.4) is 0 Å². The average Bonchev–Trinajstić information content (AvgIpc) is 2.88. The van der Waals surface area contributed by atoms with Crippen molar-refractivity contribution >= 4 is 6.21 Å². The maximum absolute atomic E-state index is 5.93. The van der Waals surface area contributed by atoms with E-state index in [-0.39, 0.29) is 0 Å². The summed E-state index contributed by atoms with van der Waals surface area (Å²) in [6.07, 6.45) is 22.2. The zero-order chi connectivity index (χ0) is 26.7. The Kier molecular flexibility index (Phi) is 25.7. The molecule has 36 heavy (non-hydrogen) atoms. The van der Waals surface area contributed by atoms with Crippen molar-refractivity contribution in [2.45, 2.75) is 117 Å². The maximum Gasteiger partial charge on any atom is 0.0728 e. The van der Waals surface area contributed by atoms with Crippen molar-refractivity contribution in [3.63, 3.8) is 0 Å². The molecule has 1 unspecified atom stereocenters. The summed E-state index contributed by atoms with van der Waals surface area (Å²) in [4.78, 5) is 7.10. The molecule has 0 aliphatic heterocycles. The maximum atomic E-state index is 5.93. The fraction of sp³-hybridized carbons (Fsp3) is 0.833. The Balaban J connectivity index is 4.04. The molecule has 0 aliphatic carbocycles. The topological polar surface area (TPSA) is 91.7 Å². The van der Waals surface area contributed by atoms with Crippen molar-refractivity contribution in [2.75, 3.05) is 45.8 Å². The number of aliphatic imine (C=N–C) groups is 1. The summed E-state index contributed by atoms with van der Waals surface area (Å²) < 4.78 is 0. The third kappa shape index (κ3) is 21.9. The van der Waals surface area contributed by atoms with E-state index < -0.39 is 0 Å². The summed E-state index contributed by atoms with van der Waals surface area (Å²) in [7, 11) is 0. The van der Waals surface area contributed by atoms with Gasteiger partial charge in [-0.3, -0.25) is 4.99 Å². The Morgan fingerprint density at radius 1 is 0.806 bits per heavy atom. The second-order valence-electron chi connectivity index (χ2n) is 10.0. The van der Waals surface area contributed by atoms with E-state index in [9.17, 15) is 0 Å². The lowest BCUT2D eigenvalue weighted by molar-refractivity contribution is 0.258. The summed E-state index contributed by atoms with van der Waals surface area (Å²) in [5.74, 6) is 0. The van der Waals surface area contributed by atoms with Gasteiger partial charge in [0.1, 0.15) is 0 Å². The number of nitrogens with zero attached hydrogens (tertiary/aromatic N) is 2. The monoisotopic (exact) mass is 507 g/mol. The third-order valence-corrected chi connectivity index (χ3v) is 6.73. The quantitative estimate of drug-likeness (QED) is 0.0682. The molecule has 0 bridgehead atoms. The molecule has 0 saturated heterocycles. The average molecular weight is 507 g/mol. The standard InChI is InChI=1S/C30H62N6/c1-5-9-20-28(7-3)35-23-14-12-10-11-13-16-24-36(26-18-22-33-8-4)25-17-15-21-34-27-30(32)29(31)19-6-2/h6,19,27-28,33,35H,5,7-18,20-26,31-32H2,1-4H3/b19-6-,30-29+,34-27?. The number of allylic oxidation sites excluding steroid dienone is 3. The van der Waals surface area contributed by atoms with Gasteiger partial charge in [-0.25, -0.2) is 0 Å². The molecule has 0 aliphatic rings. The van der Waals surface area contributed by atoms with Gasteiger partial charge in [0.15, 0.2) is 0 Å². The number of hydrogen-bond donors (Lipinski definition) is 4. The lowest BCUT2D eigenvalue weighted by Crippen LogP contribution is -2.29. The van der Waals surface area contributed by atoms with Crippen LogP contribution in [-0.4, -0.2) is 63.0 Å². The molecule has 0 aromatic carbocycles.